The summed E-state index contributed by atoms with van der Waals surface area (Å²) in [5, 5.41) is 18.7. The van der Waals surface area contributed by atoms with Crippen LogP contribution in [0, 0.1) is 35.0 Å². The Kier molecular flexibility index (Phi) is 2.62. The van der Waals surface area contributed by atoms with Gasteiger partial charge in [0.05, 0.1) is 12.2 Å². The van der Waals surface area contributed by atoms with Gasteiger partial charge in [0, 0.05) is 19.1 Å². The summed E-state index contributed by atoms with van der Waals surface area (Å²) < 4.78 is 37.8. The van der Waals surface area contributed by atoms with E-state index in [1.165, 1.54) is 6.07 Å². The normalized spacial score (nSPS) is 44.3. The average Bonchev–Trinajstić information content (AvgIpc) is 2.84. The van der Waals surface area contributed by atoms with Gasteiger partial charge in [-0.15, -0.1) is 0 Å². The molecule has 0 aromatic carbocycles. The molecule has 2 aliphatic carbocycles. The fourth-order valence-electron chi connectivity index (χ4n) is 4.20. The van der Waals surface area contributed by atoms with Crippen molar-refractivity contribution in [3.8, 4) is 6.07 Å². The Morgan fingerprint density at radius 3 is 2.61 bits per heavy atom. The third-order valence-electron chi connectivity index (χ3n) is 4.92. The maximum absolute atomic E-state index is 12.6. The lowest BCUT2D eigenvalue weighted by molar-refractivity contribution is -0.164. The SMILES string of the molecule is N#CC(CN1CC2CC3CC2C1C3O)C(F)(F)F. The van der Waals surface area contributed by atoms with Crippen molar-refractivity contribution < 1.29 is 18.3 Å². The number of halogens is 3. The molecule has 3 aliphatic rings. The molecule has 6 atom stereocenters. The van der Waals surface area contributed by atoms with E-state index in [2.05, 4.69) is 0 Å². The lowest BCUT2D eigenvalue weighted by atomic mass is 9.88. The van der Waals surface area contributed by atoms with Gasteiger partial charge in [-0.05, 0) is 30.6 Å². The quantitative estimate of drug-likeness (QED) is 0.816. The van der Waals surface area contributed by atoms with E-state index in [1.807, 2.05) is 0 Å². The number of alkyl halides is 3. The lowest BCUT2D eigenvalue weighted by Crippen LogP contribution is -2.44. The summed E-state index contributed by atoms with van der Waals surface area (Å²) in [5.74, 6) is -0.906. The molecule has 0 spiro atoms. The highest BCUT2D eigenvalue weighted by Gasteiger charge is 2.59. The molecule has 0 aromatic rings. The van der Waals surface area contributed by atoms with E-state index < -0.39 is 18.2 Å². The number of aliphatic hydroxyl groups excluding tert-OH is 1. The van der Waals surface area contributed by atoms with Crippen LogP contribution in [-0.2, 0) is 0 Å². The van der Waals surface area contributed by atoms with Crippen molar-refractivity contribution >= 4 is 0 Å². The first-order valence-electron chi connectivity index (χ1n) is 6.30. The van der Waals surface area contributed by atoms with Crippen molar-refractivity contribution in [3.05, 3.63) is 0 Å². The molecular weight excluding hydrogens is 245 g/mol. The fourth-order valence-corrected chi connectivity index (χ4v) is 4.20. The molecule has 0 aromatic heterocycles. The van der Waals surface area contributed by atoms with Gasteiger partial charge in [-0.3, -0.25) is 4.90 Å². The molecule has 2 bridgehead atoms. The molecule has 3 rings (SSSR count). The summed E-state index contributed by atoms with van der Waals surface area (Å²) in [7, 11) is 0. The van der Waals surface area contributed by atoms with Crippen molar-refractivity contribution in [3.63, 3.8) is 0 Å². The second kappa shape index (κ2) is 3.84. The number of hydrogen-bond donors (Lipinski definition) is 1. The summed E-state index contributed by atoms with van der Waals surface area (Å²) in [6.45, 7) is 0.318. The second-order valence-electron chi connectivity index (χ2n) is 5.81. The number of hydrogen-bond acceptors (Lipinski definition) is 3. The largest absolute Gasteiger partial charge is 0.405 e. The van der Waals surface area contributed by atoms with E-state index in [0.717, 1.165) is 12.8 Å². The fraction of sp³-hybridized carbons (Fsp3) is 0.917. The Bertz CT molecular complexity index is 390. The van der Waals surface area contributed by atoms with Crippen molar-refractivity contribution in [2.45, 2.75) is 31.2 Å². The highest BCUT2D eigenvalue weighted by Crippen LogP contribution is 2.55. The molecule has 1 saturated heterocycles. The number of nitriles is 1. The van der Waals surface area contributed by atoms with Gasteiger partial charge in [-0.2, -0.15) is 18.4 Å². The number of rotatable bonds is 2. The highest BCUT2D eigenvalue weighted by atomic mass is 19.4. The summed E-state index contributed by atoms with van der Waals surface area (Å²) in [5.41, 5.74) is 0. The molecule has 6 unspecified atom stereocenters. The Morgan fingerprint density at radius 2 is 2.06 bits per heavy atom. The second-order valence-corrected chi connectivity index (χ2v) is 5.81. The topological polar surface area (TPSA) is 47.3 Å². The van der Waals surface area contributed by atoms with Gasteiger partial charge in [0.1, 0.15) is 0 Å². The van der Waals surface area contributed by atoms with Gasteiger partial charge in [0.25, 0.3) is 0 Å². The number of fused-ring (bicyclic) bond motifs is 1. The number of aliphatic hydroxyl groups is 1. The first-order valence-corrected chi connectivity index (χ1v) is 6.30. The molecule has 1 heterocycles. The maximum atomic E-state index is 12.6. The van der Waals surface area contributed by atoms with Gasteiger partial charge in [0.2, 0.25) is 0 Å². The van der Waals surface area contributed by atoms with Crippen molar-refractivity contribution in [1.29, 1.82) is 5.26 Å². The monoisotopic (exact) mass is 260 g/mol. The molecule has 1 aliphatic heterocycles. The first kappa shape index (κ1) is 12.2. The molecule has 1 N–H and O–H groups in total. The first-order chi connectivity index (χ1) is 8.41. The molecule has 100 valence electrons. The van der Waals surface area contributed by atoms with Crippen LogP contribution in [0.25, 0.3) is 0 Å². The Labute approximate surface area is 103 Å². The molecule has 6 heteroatoms. The maximum Gasteiger partial charge on any atom is 0.405 e. The number of likely N-dealkylation sites (tertiary alicyclic amines) is 1. The van der Waals surface area contributed by atoms with E-state index in [1.54, 1.807) is 4.90 Å². The van der Waals surface area contributed by atoms with Crippen LogP contribution >= 0.6 is 0 Å². The predicted molar refractivity (Wildman–Crippen MR) is 56.2 cm³/mol. The number of nitrogens with zero attached hydrogens (tertiary/aromatic N) is 2. The molecule has 3 fully saturated rings. The van der Waals surface area contributed by atoms with Gasteiger partial charge in [-0.1, -0.05) is 0 Å². The third-order valence-corrected chi connectivity index (χ3v) is 4.92. The Morgan fingerprint density at radius 1 is 1.33 bits per heavy atom. The van der Waals surface area contributed by atoms with Crippen LogP contribution in [-0.4, -0.2) is 41.4 Å². The standard InChI is InChI=1S/C12H15F3N2O/c13-12(14,15)8(3-16)5-17-4-7-1-6-2-9(7)10(17)11(6)18/h6-11,18H,1-2,4-5H2. The average molecular weight is 260 g/mol. The van der Waals surface area contributed by atoms with E-state index in [0.29, 0.717) is 18.4 Å². The Hall–Kier alpha value is -0.800. The highest BCUT2D eigenvalue weighted by molar-refractivity contribution is 5.11. The van der Waals surface area contributed by atoms with Gasteiger partial charge in [-0.25, -0.2) is 0 Å². The van der Waals surface area contributed by atoms with Crippen LogP contribution in [0.4, 0.5) is 13.2 Å². The summed E-state index contributed by atoms with van der Waals surface area (Å²) in [6.07, 6.45) is -3.10. The summed E-state index contributed by atoms with van der Waals surface area (Å²) in [4.78, 5) is 1.70. The predicted octanol–water partition coefficient (Wildman–Crippen LogP) is 1.39. The van der Waals surface area contributed by atoms with Crippen molar-refractivity contribution in [2.24, 2.45) is 23.7 Å². The lowest BCUT2D eigenvalue weighted by Gasteiger charge is -2.30. The van der Waals surface area contributed by atoms with E-state index in [-0.39, 0.29) is 18.5 Å². The van der Waals surface area contributed by atoms with Crippen LogP contribution in [0.15, 0.2) is 0 Å². The Balaban J connectivity index is 1.74. The molecule has 0 radical (unpaired) electrons. The molecule has 18 heavy (non-hydrogen) atoms. The van der Waals surface area contributed by atoms with Crippen molar-refractivity contribution in [1.82, 2.24) is 4.90 Å². The van der Waals surface area contributed by atoms with Crippen LogP contribution in [0.2, 0.25) is 0 Å². The van der Waals surface area contributed by atoms with E-state index in [4.69, 9.17) is 5.26 Å². The molecule has 2 saturated carbocycles. The molecule has 0 amide bonds. The molecular formula is C12H15F3N2O. The van der Waals surface area contributed by atoms with Crippen LogP contribution in [0.3, 0.4) is 0 Å². The minimum atomic E-state index is -4.47. The van der Waals surface area contributed by atoms with Crippen LogP contribution < -0.4 is 0 Å². The van der Waals surface area contributed by atoms with E-state index in [9.17, 15) is 18.3 Å². The van der Waals surface area contributed by atoms with Gasteiger partial charge < -0.3 is 5.11 Å². The smallest absolute Gasteiger partial charge is 0.391 e. The van der Waals surface area contributed by atoms with Crippen LogP contribution in [0.5, 0.6) is 0 Å². The minimum Gasteiger partial charge on any atom is -0.391 e. The van der Waals surface area contributed by atoms with Gasteiger partial charge >= 0.3 is 6.18 Å². The third kappa shape index (κ3) is 1.64. The molecule has 3 nitrogen and oxygen atoms in total. The summed E-state index contributed by atoms with van der Waals surface area (Å²) in [6, 6.07) is 1.20. The van der Waals surface area contributed by atoms with E-state index >= 15 is 0 Å². The summed E-state index contributed by atoms with van der Waals surface area (Å²) >= 11 is 0. The zero-order valence-electron chi connectivity index (χ0n) is 9.77. The minimum absolute atomic E-state index is 0.146. The van der Waals surface area contributed by atoms with Crippen LogP contribution in [0.1, 0.15) is 12.8 Å². The van der Waals surface area contributed by atoms with Gasteiger partial charge in [0.15, 0.2) is 5.92 Å². The zero-order chi connectivity index (χ0) is 13.1. The zero-order valence-corrected chi connectivity index (χ0v) is 9.77. The van der Waals surface area contributed by atoms with Crippen molar-refractivity contribution in [2.75, 3.05) is 13.1 Å².